The van der Waals surface area contributed by atoms with Gasteiger partial charge >= 0.3 is 5.97 Å². The molecule has 0 bridgehead atoms. The van der Waals surface area contributed by atoms with E-state index in [2.05, 4.69) is 5.32 Å². The fraction of sp³-hybridized carbons (Fsp3) is 0.385. The predicted octanol–water partition coefficient (Wildman–Crippen LogP) is 0.960. The van der Waals surface area contributed by atoms with Gasteiger partial charge in [0, 0.05) is 18.3 Å². The third kappa shape index (κ3) is 4.50. The zero-order valence-corrected chi connectivity index (χ0v) is 11.1. The van der Waals surface area contributed by atoms with Crippen LogP contribution in [0.15, 0.2) is 18.2 Å². The van der Waals surface area contributed by atoms with Crippen LogP contribution < -0.4 is 15.8 Å². The van der Waals surface area contributed by atoms with Crippen molar-refractivity contribution in [2.45, 2.75) is 13.3 Å². The standard InChI is InChI=1S/C13H18N2O4/c1-3-15-12(16)6-7-19-13(17)10-5-4-9(14)8-11(10)18-2/h4-5,8H,3,6-7,14H2,1-2H3,(H,15,16). The van der Waals surface area contributed by atoms with Gasteiger partial charge in [0.2, 0.25) is 5.91 Å². The Kier molecular flexibility index (Phi) is 5.66. The number of rotatable bonds is 6. The van der Waals surface area contributed by atoms with Gasteiger partial charge in [0.1, 0.15) is 17.9 Å². The van der Waals surface area contributed by atoms with Gasteiger partial charge in [-0.05, 0) is 19.1 Å². The minimum Gasteiger partial charge on any atom is -0.496 e. The number of amides is 1. The van der Waals surface area contributed by atoms with Crippen molar-refractivity contribution in [3.63, 3.8) is 0 Å². The molecule has 0 heterocycles. The fourth-order valence-electron chi connectivity index (χ4n) is 1.48. The van der Waals surface area contributed by atoms with Crippen LogP contribution in [0.1, 0.15) is 23.7 Å². The summed E-state index contributed by atoms with van der Waals surface area (Å²) in [5.41, 5.74) is 6.37. The summed E-state index contributed by atoms with van der Waals surface area (Å²) in [6.45, 7) is 2.40. The van der Waals surface area contributed by atoms with Crippen molar-refractivity contribution in [2.75, 3.05) is 26.0 Å². The molecule has 6 nitrogen and oxygen atoms in total. The molecule has 0 atom stereocenters. The first kappa shape index (κ1) is 14.8. The molecule has 0 aromatic heterocycles. The van der Waals surface area contributed by atoms with Crippen molar-refractivity contribution in [2.24, 2.45) is 0 Å². The fourth-order valence-corrected chi connectivity index (χ4v) is 1.48. The van der Waals surface area contributed by atoms with Gasteiger partial charge in [0.25, 0.3) is 0 Å². The summed E-state index contributed by atoms with van der Waals surface area (Å²) in [6, 6.07) is 4.66. The molecule has 19 heavy (non-hydrogen) atoms. The minimum absolute atomic E-state index is 0.0260. The van der Waals surface area contributed by atoms with E-state index in [1.807, 2.05) is 6.92 Å². The van der Waals surface area contributed by atoms with Crippen LogP contribution in [-0.4, -0.2) is 32.1 Å². The number of ether oxygens (including phenoxy) is 2. The first-order valence-electron chi connectivity index (χ1n) is 5.95. The quantitative estimate of drug-likeness (QED) is 0.591. The van der Waals surface area contributed by atoms with Crippen LogP contribution in [0.5, 0.6) is 5.75 Å². The molecule has 1 amide bonds. The lowest BCUT2D eigenvalue weighted by molar-refractivity contribution is -0.121. The Morgan fingerprint density at radius 2 is 2.11 bits per heavy atom. The number of benzene rings is 1. The second kappa shape index (κ2) is 7.25. The van der Waals surface area contributed by atoms with Crippen LogP contribution in [-0.2, 0) is 9.53 Å². The van der Waals surface area contributed by atoms with Crippen LogP contribution >= 0.6 is 0 Å². The number of hydrogen-bond donors (Lipinski definition) is 2. The highest BCUT2D eigenvalue weighted by Gasteiger charge is 2.14. The zero-order chi connectivity index (χ0) is 14.3. The zero-order valence-electron chi connectivity index (χ0n) is 11.1. The molecule has 0 unspecified atom stereocenters. The lowest BCUT2D eigenvalue weighted by atomic mass is 10.2. The maximum absolute atomic E-state index is 11.8. The summed E-state index contributed by atoms with van der Waals surface area (Å²) in [5.74, 6) is -0.344. The molecule has 6 heteroatoms. The molecular formula is C13H18N2O4. The Balaban J connectivity index is 2.56. The maximum atomic E-state index is 11.8. The SMILES string of the molecule is CCNC(=O)CCOC(=O)c1ccc(N)cc1OC. The van der Waals surface area contributed by atoms with E-state index in [0.717, 1.165) is 0 Å². The van der Waals surface area contributed by atoms with Gasteiger partial charge in [0.15, 0.2) is 0 Å². The number of nitrogens with two attached hydrogens (primary N) is 1. The molecule has 0 aliphatic rings. The molecule has 0 aliphatic heterocycles. The van der Waals surface area contributed by atoms with Crippen LogP contribution in [0.25, 0.3) is 0 Å². The second-order valence-electron chi connectivity index (χ2n) is 3.80. The highest BCUT2D eigenvalue weighted by Crippen LogP contribution is 2.22. The molecule has 0 spiro atoms. The summed E-state index contributed by atoms with van der Waals surface area (Å²) in [4.78, 5) is 23.0. The highest BCUT2D eigenvalue weighted by molar-refractivity contribution is 5.93. The normalized spacial score (nSPS) is 9.79. The van der Waals surface area contributed by atoms with Crippen LogP contribution in [0.2, 0.25) is 0 Å². The monoisotopic (exact) mass is 266 g/mol. The first-order chi connectivity index (χ1) is 9.08. The average molecular weight is 266 g/mol. The Morgan fingerprint density at radius 3 is 2.74 bits per heavy atom. The highest BCUT2D eigenvalue weighted by atomic mass is 16.5. The first-order valence-corrected chi connectivity index (χ1v) is 5.95. The summed E-state index contributed by atoms with van der Waals surface area (Å²) < 4.78 is 10.1. The van der Waals surface area contributed by atoms with Crippen molar-refractivity contribution in [1.82, 2.24) is 5.32 Å². The maximum Gasteiger partial charge on any atom is 0.341 e. The topological polar surface area (TPSA) is 90.7 Å². The number of carbonyl (C=O) groups excluding carboxylic acids is 2. The number of esters is 1. The van der Waals surface area contributed by atoms with E-state index in [-0.39, 0.29) is 24.5 Å². The Bertz CT molecular complexity index is 460. The lowest BCUT2D eigenvalue weighted by Gasteiger charge is -2.09. The van der Waals surface area contributed by atoms with E-state index in [9.17, 15) is 9.59 Å². The van der Waals surface area contributed by atoms with E-state index in [0.29, 0.717) is 18.0 Å². The summed E-state index contributed by atoms with van der Waals surface area (Å²) in [7, 11) is 1.44. The third-order valence-corrected chi connectivity index (χ3v) is 2.38. The minimum atomic E-state index is -0.541. The third-order valence-electron chi connectivity index (χ3n) is 2.38. The predicted molar refractivity (Wildman–Crippen MR) is 71.0 cm³/mol. The molecule has 3 N–H and O–H groups in total. The molecule has 0 radical (unpaired) electrons. The Morgan fingerprint density at radius 1 is 1.37 bits per heavy atom. The van der Waals surface area contributed by atoms with Crippen molar-refractivity contribution in [1.29, 1.82) is 0 Å². The molecule has 0 aliphatic carbocycles. The van der Waals surface area contributed by atoms with Gasteiger partial charge in [-0.15, -0.1) is 0 Å². The number of nitrogens with one attached hydrogen (secondary N) is 1. The van der Waals surface area contributed by atoms with Crippen molar-refractivity contribution < 1.29 is 19.1 Å². The van der Waals surface area contributed by atoms with E-state index in [4.69, 9.17) is 15.2 Å². The number of nitrogen functional groups attached to an aromatic ring is 1. The smallest absolute Gasteiger partial charge is 0.341 e. The number of methoxy groups -OCH3 is 1. The van der Waals surface area contributed by atoms with Gasteiger partial charge in [-0.1, -0.05) is 0 Å². The van der Waals surface area contributed by atoms with Crippen LogP contribution in [0.4, 0.5) is 5.69 Å². The van der Waals surface area contributed by atoms with E-state index in [1.54, 1.807) is 12.1 Å². The molecule has 1 aromatic carbocycles. The Hall–Kier alpha value is -2.24. The van der Waals surface area contributed by atoms with Crippen LogP contribution in [0, 0.1) is 0 Å². The molecule has 0 fully saturated rings. The van der Waals surface area contributed by atoms with Gasteiger partial charge < -0.3 is 20.5 Å². The van der Waals surface area contributed by atoms with Gasteiger partial charge in [-0.25, -0.2) is 4.79 Å². The van der Waals surface area contributed by atoms with Crippen molar-refractivity contribution >= 4 is 17.6 Å². The van der Waals surface area contributed by atoms with Gasteiger partial charge in [-0.3, -0.25) is 4.79 Å². The summed E-state index contributed by atoms with van der Waals surface area (Å²) in [6.07, 6.45) is 0.136. The van der Waals surface area contributed by atoms with Gasteiger partial charge in [-0.2, -0.15) is 0 Å². The van der Waals surface area contributed by atoms with Crippen molar-refractivity contribution in [3.05, 3.63) is 23.8 Å². The lowest BCUT2D eigenvalue weighted by Crippen LogP contribution is -2.24. The summed E-state index contributed by atoms with van der Waals surface area (Å²) >= 11 is 0. The van der Waals surface area contributed by atoms with E-state index >= 15 is 0 Å². The largest absolute Gasteiger partial charge is 0.496 e. The molecule has 1 aromatic rings. The number of anilines is 1. The number of carbonyl (C=O) groups is 2. The van der Waals surface area contributed by atoms with E-state index in [1.165, 1.54) is 13.2 Å². The van der Waals surface area contributed by atoms with E-state index < -0.39 is 5.97 Å². The molecule has 0 saturated heterocycles. The molecule has 1 rings (SSSR count). The molecular weight excluding hydrogens is 248 g/mol. The average Bonchev–Trinajstić information content (AvgIpc) is 2.38. The second-order valence-corrected chi connectivity index (χ2v) is 3.80. The number of hydrogen-bond acceptors (Lipinski definition) is 5. The van der Waals surface area contributed by atoms with Crippen molar-refractivity contribution in [3.8, 4) is 5.75 Å². The van der Waals surface area contributed by atoms with Gasteiger partial charge in [0.05, 0.1) is 13.5 Å². The summed E-state index contributed by atoms with van der Waals surface area (Å²) in [5, 5.41) is 2.62. The molecule has 104 valence electrons. The molecule has 0 saturated carbocycles. The van der Waals surface area contributed by atoms with Crippen LogP contribution in [0.3, 0.4) is 0 Å². The Labute approximate surface area is 111 Å².